The Balaban J connectivity index is 1.48. The minimum atomic E-state index is -3.12. The average Bonchev–Trinajstić information content (AvgIpc) is 3.09. The summed E-state index contributed by atoms with van der Waals surface area (Å²) in [6.45, 7) is 6.27. The summed E-state index contributed by atoms with van der Waals surface area (Å²) in [5, 5.41) is 0. The zero-order valence-electron chi connectivity index (χ0n) is 17.8. The van der Waals surface area contributed by atoms with Gasteiger partial charge in [-0.2, -0.15) is 0 Å². The first-order chi connectivity index (χ1) is 14.2. The molecule has 3 atom stereocenters. The molecule has 3 unspecified atom stereocenters. The predicted octanol–water partition coefficient (Wildman–Crippen LogP) is 3.61. The number of furan rings is 1. The Bertz CT molecular complexity index is 1040. The van der Waals surface area contributed by atoms with E-state index in [0.717, 1.165) is 23.3 Å². The first-order valence-electron chi connectivity index (χ1n) is 10.5. The van der Waals surface area contributed by atoms with Crippen LogP contribution in [-0.4, -0.2) is 43.4 Å². The molecule has 2 fully saturated rings. The molecule has 1 aliphatic carbocycles. The van der Waals surface area contributed by atoms with Crippen LogP contribution in [0.4, 0.5) is 0 Å². The lowest BCUT2D eigenvalue weighted by molar-refractivity contribution is -0.136. The molecule has 1 saturated carbocycles. The van der Waals surface area contributed by atoms with Crippen LogP contribution in [0, 0.1) is 19.8 Å². The van der Waals surface area contributed by atoms with Gasteiger partial charge in [0.15, 0.2) is 16.4 Å². The molecule has 0 radical (unpaired) electrons. The monoisotopic (exact) mass is 431 g/mol. The highest BCUT2D eigenvalue weighted by Crippen LogP contribution is 2.47. The molecule has 2 aliphatic rings. The van der Waals surface area contributed by atoms with Crippen LogP contribution >= 0.6 is 0 Å². The van der Waals surface area contributed by atoms with Crippen LogP contribution in [0.15, 0.2) is 34.7 Å². The van der Waals surface area contributed by atoms with Crippen molar-refractivity contribution in [3.63, 3.8) is 0 Å². The first kappa shape index (κ1) is 21.0. The van der Waals surface area contributed by atoms with Crippen molar-refractivity contribution in [3.05, 3.63) is 53.0 Å². The Morgan fingerprint density at radius 3 is 2.67 bits per heavy atom. The Hall–Kier alpha value is -2.28. The number of benzene rings is 1. The van der Waals surface area contributed by atoms with Crippen molar-refractivity contribution in [2.45, 2.75) is 52.1 Å². The van der Waals surface area contributed by atoms with Crippen LogP contribution in [0.25, 0.3) is 0 Å². The summed E-state index contributed by atoms with van der Waals surface area (Å²) in [7, 11) is -3.12. The third kappa shape index (κ3) is 4.56. The number of nitrogens with zero attached hydrogens (tertiary/aromatic N) is 1. The van der Waals surface area contributed by atoms with E-state index in [1.807, 2.05) is 44.2 Å². The highest BCUT2D eigenvalue weighted by atomic mass is 32.2. The van der Waals surface area contributed by atoms with Crippen molar-refractivity contribution in [2.75, 3.05) is 18.1 Å². The van der Waals surface area contributed by atoms with Gasteiger partial charge in [-0.15, -0.1) is 0 Å². The van der Waals surface area contributed by atoms with Gasteiger partial charge in [0.25, 0.3) is 5.91 Å². The molecule has 7 heteroatoms. The number of carbonyl (C=O) groups excluding carboxylic acids is 1. The van der Waals surface area contributed by atoms with E-state index in [4.69, 9.17) is 9.15 Å². The van der Waals surface area contributed by atoms with E-state index in [-0.39, 0.29) is 36.6 Å². The third-order valence-electron chi connectivity index (χ3n) is 6.36. The number of carbonyl (C=O) groups is 1. The highest BCUT2D eigenvalue weighted by molar-refractivity contribution is 7.91. The van der Waals surface area contributed by atoms with Gasteiger partial charge in [0.05, 0.1) is 18.1 Å². The van der Waals surface area contributed by atoms with Gasteiger partial charge in [-0.25, -0.2) is 8.42 Å². The summed E-state index contributed by atoms with van der Waals surface area (Å²) in [5.41, 5.74) is 2.09. The zero-order chi connectivity index (χ0) is 21.5. The maximum absolute atomic E-state index is 13.1. The van der Waals surface area contributed by atoms with Gasteiger partial charge < -0.3 is 14.1 Å². The second-order valence-corrected chi connectivity index (χ2v) is 10.9. The summed E-state index contributed by atoms with van der Waals surface area (Å²) in [4.78, 5) is 14.7. The van der Waals surface area contributed by atoms with Gasteiger partial charge in [0.1, 0.15) is 17.3 Å². The van der Waals surface area contributed by atoms with E-state index >= 15 is 0 Å². The van der Waals surface area contributed by atoms with Gasteiger partial charge in [0.2, 0.25) is 0 Å². The molecule has 1 aromatic carbocycles. The minimum Gasteiger partial charge on any atom is -0.483 e. The van der Waals surface area contributed by atoms with Crippen molar-refractivity contribution < 1.29 is 22.4 Å². The van der Waals surface area contributed by atoms with E-state index in [0.29, 0.717) is 29.8 Å². The Labute approximate surface area is 178 Å². The summed E-state index contributed by atoms with van der Waals surface area (Å²) < 4.78 is 35.8. The predicted molar refractivity (Wildman–Crippen MR) is 114 cm³/mol. The fourth-order valence-electron chi connectivity index (χ4n) is 4.11. The molecule has 2 aromatic rings. The van der Waals surface area contributed by atoms with Crippen LogP contribution in [-0.2, 0) is 21.2 Å². The van der Waals surface area contributed by atoms with Crippen molar-refractivity contribution >= 4 is 15.7 Å². The van der Waals surface area contributed by atoms with Gasteiger partial charge in [-0.1, -0.05) is 19.1 Å². The maximum Gasteiger partial charge on any atom is 0.261 e. The molecule has 6 nitrogen and oxygen atoms in total. The molecule has 1 aliphatic heterocycles. The third-order valence-corrected chi connectivity index (χ3v) is 8.11. The fraction of sp³-hybridized carbons (Fsp3) is 0.522. The van der Waals surface area contributed by atoms with Crippen molar-refractivity contribution in [1.29, 1.82) is 0 Å². The molecule has 0 N–H and O–H groups in total. The van der Waals surface area contributed by atoms with Crippen molar-refractivity contribution in [2.24, 2.45) is 5.92 Å². The number of hydrogen-bond donors (Lipinski definition) is 0. The van der Waals surface area contributed by atoms with E-state index in [2.05, 4.69) is 6.92 Å². The summed E-state index contributed by atoms with van der Waals surface area (Å²) in [5.74, 6) is 3.29. The molecule has 30 heavy (non-hydrogen) atoms. The van der Waals surface area contributed by atoms with E-state index < -0.39 is 9.84 Å². The largest absolute Gasteiger partial charge is 0.483 e. The second-order valence-electron chi connectivity index (χ2n) is 8.69. The number of aryl methyl sites for hydroxylation is 1. The Morgan fingerprint density at radius 2 is 2.00 bits per heavy atom. The molecule has 1 aromatic heterocycles. The lowest BCUT2D eigenvalue weighted by Gasteiger charge is -2.27. The highest BCUT2D eigenvalue weighted by Gasteiger charge is 2.38. The summed E-state index contributed by atoms with van der Waals surface area (Å²) in [6.07, 6.45) is 1.57. The average molecular weight is 432 g/mol. The van der Waals surface area contributed by atoms with Gasteiger partial charge in [-0.05, 0) is 61.9 Å². The maximum atomic E-state index is 13.1. The van der Waals surface area contributed by atoms with Crippen molar-refractivity contribution in [3.8, 4) is 5.75 Å². The number of amides is 1. The lowest BCUT2D eigenvalue weighted by Crippen LogP contribution is -2.43. The number of rotatable bonds is 7. The van der Waals surface area contributed by atoms with Crippen LogP contribution in [0.2, 0.25) is 0 Å². The van der Waals surface area contributed by atoms with Gasteiger partial charge in [0, 0.05) is 12.0 Å². The molecule has 0 spiro atoms. The summed E-state index contributed by atoms with van der Waals surface area (Å²) in [6, 6.07) is 9.26. The van der Waals surface area contributed by atoms with Crippen LogP contribution in [0.1, 0.15) is 48.3 Å². The zero-order valence-corrected chi connectivity index (χ0v) is 18.6. The van der Waals surface area contributed by atoms with Crippen LogP contribution < -0.4 is 4.74 Å². The molecule has 1 amide bonds. The quantitative estimate of drug-likeness (QED) is 0.669. The number of ether oxygens (including phenoxy) is 1. The van der Waals surface area contributed by atoms with E-state index in [9.17, 15) is 13.2 Å². The molecule has 0 bridgehead atoms. The fourth-order valence-corrected chi connectivity index (χ4v) is 5.84. The Morgan fingerprint density at radius 1 is 1.23 bits per heavy atom. The first-order valence-corrected chi connectivity index (χ1v) is 12.3. The molecular weight excluding hydrogens is 402 g/mol. The molecule has 4 rings (SSSR count). The topological polar surface area (TPSA) is 76.8 Å². The summed E-state index contributed by atoms with van der Waals surface area (Å²) >= 11 is 0. The molecule has 162 valence electrons. The van der Waals surface area contributed by atoms with Crippen molar-refractivity contribution in [1.82, 2.24) is 4.90 Å². The van der Waals surface area contributed by atoms with Crippen LogP contribution in [0.3, 0.4) is 0 Å². The van der Waals surface area contributed by atoms with E-state index in [1.54, 1.807) is 4.90 Å². The standard InChI is InChI=1S/C23H29NO5S/c1-15-5-4-6-21(17(15)3)28-13-23(25)24(18-9-10-30(26,27)14-18)12-19-7-8-22(29-19)20-11-16(20)2/h4-8,16,18,20H,9-14H2,1-3H3. The number of sulfone groups is 1. The van der Waals surface area contributed by atoms with Crippen LogP contribution in [0.5, 0.6) is 5.75 Å². The second kappa shape index (κ2) is 8.10. The molecule has 1 saturated heterocycles. The van der Waals surface area contributed by atoms with E-state index in [1.165, 1.54) is 0 Å². The SMILES string of the molecule is Cc1cccc(OCC(=O)N(Cc2ccc(C3CC3C)o2)C2CCS(=O)(=O)C2)c1C. The molecule has 2 heterocycles. The number of hydrogen-bond acceptors (Lipinski definition) is 5. The minimum absolute atomic E-state index is 0.00453. The van der Waals surface area contributed by atoms with Gasteiger partial charge in [-0.3, -0.25) is 4.79 Å². The lowest BCUT2D eigenvalue weighted by atomic mass is 10.1. The van der Waals surface area contributed by atoms with Gasteiger partial charge >= 0.3 is 0 Å². The molecular formula is C23H29NO5S. The Kier molecular flexibility index (Phi) is 5.66. The normalized spacial score (nSPS) is 24.6. The smallest absolute Gasteiger partial charge is 0.261 e.